The van der Waals surface area contributed by atoms with E-state index < -0.39 is 6.04 Å². The summed E-state index contributed by atoms with van der Waals surface area (Å²) in [5.74, 6) is 2.52. The van der Waals surface area contributed by atoms with Gasteiger partial charge in [0.15, 0.2) is 6.23 Å². The SMILES string of the molecule is CCC1Oc2cc(-c3cnc(C4CCCN4C(=O)C(N)C(C)C)[nH]3)ccc2-c2c(Cl)c3cc(-c4cnc(C5CCCN5C(=O)C(NCOC)C(C)C)[nH]4)ccc3n21. The number of methoxy groups -OCH3 is 1. The predicted molar refractivity (Wildman–Crippen MR) is 221 cm³/mol. The van der Waals surface area contributed by atoms with Crippen molar-refractivity contribution in [3.05, 3.63) is 65.5 Å². The number of hydrogen-bond acceptors (Lipinski definition) is 8. The topological polar surface area (TPSA) is 159 Å². The summed E-state index contributed by atoms with van der Waals surface area (Å²) in [4.78, 5) is 47.3. The van der Waals surface area contributed by atoms with Crippen LogP contribution in [0.4, 0.5) is 0 Å². The van der Waals surface area contributed by atoms with Gasteiger partial charge in [-0.25, -0.2) is 9.97 Å². The molecule has 302 valence electrons. The van der Waals surface area contributed by atoms with Crippen LogP contribution in [-0.2, 0) is 14.3 Å². The van der Waals surface area contributed by atoms with Gasteiger partial charge in [-0.05, 0) is 61.8 Å². The molecule has 0 saturated carbocycles. The number of likely N-dealkylation sites (tertiary alicyclic amines) is 2. The summed E-state index contributed by atoms with van der Waals surface area (Å²) in [6, 6.07) is 11.3. The highest BCUT2D eigenvalue weighted by atomic mass is 35.5. The van der Waals surface area contributed by atoms with Gasteiger partial charge in [0.2, 0.25) is 11.8 Å². The number of nitrogens with two attached hydrogens (primary N) is 1. The van der Waals surface area contributed by atoms with Gasteiger partial charge in [-0.1, -0.05) is 58.4 Å². The molecule has 2 saturated heterocycles. The number of carbonyl (C=O) groups excluding carboxylic acids is 2. The van der Waals surface area contributed by atoms with Crippen molar-refractivity contribution in [2.75, 3.05) is 26.9 Å². The van der Waals surface area contributed by atoms with Gasteiger partial charge in [-0.2, -0.15) is 0 Å². The van der Waals surface area contributed by atoms with E-state index >= 15 is 0 Å². The van der Waals surface area contributed by atoms with Crippen molar-refractivity contribution in [1.82, 2.24) is 39.6 Å². The zero-order chi connectivity index (χ0) is 40.1. The van der Waals surface area contributed by atoms with E-state index in [1.54, 1.807) is 7.11 Å². The van der Waals surface area contributed by atoms with Crippen LogP contribution in [0.3, 0.4) is 0 Å². The van der Waals surface area contributed by atoms with Gasteiger partial charge >= 0.3 is 0 Å². The zero-order valence-corrected chi connectivity index (χ0v) is 34.4. The number of benzene rings is 2. The number of rotatable bonds is 12. The second kappa shape index (κ2) is 15.9. The molecule has 3 aromatic heterocycles. The lowest BCUT2D eigenvalue weighted by molar-refractivity contribution is -0.136. The first-order valence-corrected chi connectivity index (χ1v) is 20.7. The van der Waals surface area contributed by atoms with Gasteiger partial charge in [0.05, 0.1) is 70.9 Å². The quantitative estimate of drug-likeness (QED) is 0.0942. The number of ether oxygens (including phenoxy) is 2. The van der Waals surface area contributed by atoms with Crippen LogP contribution in [0.5, 0.6) is 5.75 Å². The molecule has 5 atom stereocenters. The number of nitrogens with zero attached hydrogens (tertiary/aromatic N) is 5. The number of nitrogens with one attached hydrogen (secondary N) is 3. The number of fused-ring (bicyclic) bond motifs is 5. The van der Waals surface area contributed by atoms with E-state index in [9.17, 15) is 9.59 Å². The van der Waals surface area contributed by atoms with E-state index in [1.807, 2.05) is 56.0 Å². The molecule has 3 aliphatic heterocycles. The van der Waals surface area contributed by atoms with Crippen molar-refractivity contribution < 1.29 is 19.1 Å². The van der Waals surface area contributed by atoms with E-state index in [-0.39, 0.29) is 48.0 Å². The molecule has 5 unspecified atom stereocenters. The molecule has 0 bridgehead atoms. The van der Waals surface area contributed by atoms with Gasteiger partial charge in [-0.3, -0.25) is 14.9 Å². The molecular formula is C43H54ClN9O4. The summed E-state index contributed by atoms with van der Waals surface area (Å²) >= 11 is 7.33. The van der Waals surface area contributed by atoms with Crippen molar-refractivity contribution in [2.45, 2.75) is 97.1 Å². The third kappa shape index (κ3) is 7.02. The summed E-state index contributed by atoms with van der Waals surface area (Å²) in [5, 5.41) is 4.83. The Morgan fingerprint density at radius 1 is 0.930 bits per heavy atom. The molecule has 5 aromatic rings. The first-order valence-electron chi connectivity index (χ1n) is 20.3. The number of hydrogen-bond donors (Lipinski definition) is 4. The van der Waals surface area contributed by atoms with Crippen LogP contribution < -0.4 is 15.8 Å². The summed E-state index contributed by atoms with van der Waals surface area (Å²) in [6.07, 6.45) is 7.67. The van der Waals surface area contributed by atoms with Crippen molar-refractivity contribution in [3.63, 3.8) is 0 Å². The number of carbonyl (C=O) groups is 2. The van der Waals surface area contributed by atoms with E-state index in [0.717, 1.165) is 94.2 Å². The zero-order valence-electron chi connectivity index (χ0n) is 33.6. The van der Waals surface area contributed by atoms with Gasteiger partial charge in [0, 0.05) is 48.7 Å². The van der Waals surface area contributed by atoms with E-state index in [4.69, 9.17) is 36.8 Å². The van der Waals surface area contributed by atoms with Crippen molar-refractivity contribution >= 4 is 34.3 Å². The van der Waals surface area contributed by atoms with Crippen molar-refractivity contribution in [2.24, 2.45) is 17.6 Å². The molecule has 5 N–H and O–H groups in total. The Labute approximate surface area is 338 Å². The van der Waals surface area contributed by atoms with E-state index in [2.05, 4.69) is 57.1 Å². The maximum absolute atomic E-state index is 13.7. The minimum atomic E-state index is -0.532. The largest absolute Gasteiger partial charge is 0.469 e. The average Bonchev–Trinajstić information content (AvgIpc) is 4.06. The maximum Gasteiger partial charge on any atom is 0.240 e. The average molecular weight is 796 g/mol. The fourth-order valence-corrected chi connectivity index (χ4v) is 9.15. The summed E-state index contributed by atoms with van der Waals surface area (Å²) in [6.45, 7) is 11.8. The highest BCUT2D eigenvalue weighted by Crippen LogP contribution is 2.49. The van der Waals surface area contributed by atoms with Gasteiger partial charge < -0.3 is 39.5 Å². The van der Waals surface area contributed by atoms with Crippen LogP contribution in [0.15, 0.2) is 48.8 Å². The Morgan fingerprint density at radius 2 is 1.54 bits per heavy atom. The molecule has 0 aliphatic carbocycles. The molecule has 0 spiro atoms. The van der Waals surface area contributed by atoms with Crippen LogP contribution >= 0.6 is 11.6 Å². The Hall–Kier alpha value is -4.69. The molecular weight excluding hydrogens is 742 g/mol. The molecule has 14 heteroatoms. The molecule has 0 radical (unpaired) electrons. The predicted octanol–water partition coefficient (Wildman–Crippen LogP) is 7.57. The second-order valence-corrected chi connectivity index (χ2v) is 16.7. The van der Waals surface area contributed by atoms with Gasteiger partial charge in [-0.15, -0.1) is 0 Å². The molecule has 2 amide bonds. The fraction of sp³-hybridized carbons (Fsp3) is 0.488. The number of amides is 2. The number of halogens is 1. The molecule has 2 aromatic carbocycles. The van der Waals surface area contributed by atoms with E-state index in [0.29, 0.717) is 24.8 Å². The second-order valence-electron chi connectivity index (χ2n) is 16.3. The fourth-order valence-electron chi connectivity index (χ4n) is 8.81. The Morgan fingerprint density at radius 3 is 2.14 bits per heavy atom. The molecule has 57 heavy (non-hydrogen) atoms. The first-order chi connectivity index (χ1) is 27.5. The van der Waals surface area contributed by atoms with E-state index in [1.165, 1.54) is 0 Å². The van der Waals surface area contributed by atoms with Gasteiger partial charge in [0.25, 0.3) is 0 Å². The van der Waals surface area contributed by atoms with Crippen molar-refractivity contribution in [1.29, 1.82) is 0 Å². The highest BCUT2D eigenvalue weighted by molar-refractivity contribution is 6.38. The number of aromatic amines is 2. The first kappa shape index (κ1) is 39.2. The number of imidazole rings is 2. The third-order valence-electron chi connectivity index (χ3n) is 12.0. The molecule has 3 aliphatic rings. The van der Waals surface area contributed by atoms with Crippen molar-refractivity contribution in [3.8, 4) is 39.5 Å². The Balaban J connectivity index is 1.06. The Kier molecular flexibility index (Phi) is 10.9. The summed E-state index contributed by atoms with van der Waals surface area (Å²) in [5.41, 5.74) is 12.7. The van der Waals surface area contributed by atoms with Gasteiger partial charge in [0.1, 0.15) is 17.4 Å². The summed E-state index contributed by atoms with van der Waals surface area (Å²) < 4.78 is 14.1. The molecule has 8 rings (SSSR count). The summed E-state index contributed by atoms with van der Waals surface area (Å²) in [7, 11) is 1.62. The monoisotopic (exact) mass is 795 g/mol. The Bertz CT molecular complexity index is 2280. The lowest BCUT2D eigenvalue weighted by Gasteiger charge is -2.30. The molecule has 2 fully saturated rings. The number of H-pyrrole nitrogens is 2. The van der Waals surface area contributed by atoms with Crippen LogP contribution in [0, 0.1) is 11.8 Å². The molecule has 6 heterocycles. The minimum absolute atomic E-state index is 0.0251. The third-order valence-corrected chi connectivity index (χ3v) is 12.4. The lowest BCUT2D eigenvalue weighted by atomic mass is 10.0. The number of aromatic nitrogens is 5. The lowest BCUT2D eigenvalue weighted by Crippen LogP contribution is -2.49. The minimum Gasteiger partial charge on any atom is -0.469 e. The van der Waals surface area contributed by atoms with Crippen LogP contribution in [0.1, 0.15) is 96.7 Å². The van der Waals surface area contributed by atoms with Crippen LogP contribution in [-0.4, -0.2) is 85.1 Å². The normalized spacial score (nSPS) is 20.4. The highest BCUT2D eigenvalue weighted by Gasteiger charge is 2.38. The van der Waals surface area contributed by atoms with Crippen LogP contribution in [0.25, 0.3) is 44.7 Å². The molecule has 13 nitrogen and oxygen atoms in total. The standard InChI is InChI=1S/C43H54ClN9O4/c1-7-35-53-31-15-13-25(29-20-46-41(49-29)33-11-9-17-52(33)43(55)38(24(4)5)48-22-56-6)18-28(31)36(44)39(53)27-14-12-26(19-34(27)57-35)30-21-47-40(50-30)32-10-8-16-51(32)42(54)37(45)23(2)3/h12-15,18-21,23-24,32-33,35,37-38,48H,7-11,16-17,22,45H2,1-6H3,(H,46,49)(H,47,50). The maximum atomic E-state index is 13.7. The smallest absolute Gasteiger partial charge is 0.240 e. The van der Waals surface area contributed by atoms with Crippen LogP contribution in [0.2, 0.25) is 5.02 Å².